The van der Waals surface area contributed by atoms with Crippen LogP contribution in [-0.2, 0) is 5.41 Å². The first-order valence-electron chi connectivity index (χ1n) is 21.6. The summed E-state index contributed by atoms with van der Waals surface area (Å²) in [4.78, 5) is 10.5. The van der Waals surface area contributed by atoms with Gasteiger partial charge in [0.1, 0.15) is 11.2 Å². The van der Waals surface area contributed by atoms with Crippen molar-refractivity contribution in [3.63, 3.8) is 0 Å². The van der Waals surface area contributed by atoms with Gasteiger partial charge in [0.25, 0.3) is 0 Å². The molecule has 1 aliphatic rings. The average Bonchev–Trinajstić information content (AvgIpc) is 3.88. The minimum absolute atomic E-state index is 0.369. The number of para-hydroxylation sites is 2. The van der Waals surface area contributed by atoms with E-state index in [4.69, 9.17) is 14.4 Å². The molecule has 1 unspecified atom stereocenters. The summed E-state index contributed by atoms with van der Waals surface area (Å²) in [5, 5.41) is 2.24. The number of nitrogens with zero attached hydrogens (tertiary/aromatic N) is 2. The van der Waals surface area contributed by atoms with E-state index in [-0.39, 0.29) is 5.41 Å². The smallest absolute Gasteiger partial charge is 0.160 e. The van der Waals surface area contributed by atoms with E-state index in [0.717, 1.165) is 72.3 Å². The third kappa shape index (κ3) is 6.04. The quantitative estimate of drug-likeness (QED) is 0.161. The maximum absolute atomic E-state index is 6.41. The molecule has 11 aromatic rings. The third-order valence-corrected chi connectivity index (χ3v) is 13.0. The van der Waals surface area contributed by atoms with Crippen LogP contribution in [0.15, 0.2) is 229 Å². The largest absolute Gasteiger partial charge is 0.455 e. The zero-order valence-electron chi connectivity index (χ0n) is 34.7. The standard InChI is InChI=1S/C60H40N2O/c1-60(44-21-9-4-10-22-44)52-29-16-26-46(39-17-5-2-6-18-39)57(52)51-36-35-43(37-53(51)60)45-23-11-12-24-48(45)55-38-54(61-59(62-55)42-19-7-3-8-20-42)41-33-31-40(32-34-41)47-27-15-28-50-49-25-13-14-30-56(49)63-58(47)50/h2-38H,1H3. The second kappa shape index (κ2) is 14.8. The van der Waals surface area contributed by atoms with Gasteiger partial charge in [0, 0.05) is 38.4 Å². The van der Waals surface area contributed by atoms with Gasteiger partial charge in [-0.05, 0) is 80.8 Å². The van der Waals surface area contributed by atoms with E-state index >= 15 is 0 Å². The molecule has 2 heterocycles. The normalized spacial score (nSPS) is 14.2. The second-order valence-corrected chi connectivity index (χ2v) is 16.6. The number of hydrogen-bond donors (Lipinski definition) is 0. The van der Waals surface area contributed by atoms with Gasteiger partial charge in [-0.2, -0.15) is 0 Å². The van der Waals surface area contributed by atoms with Crippen molar-refractivity contribution >= 4 is 21.9 Å². The Kier molecular flexibility index (Phi) is 8.62. The summed E-state index contributed by atoms with van der Waals surface area (Å²) in [5.74, 6) is 0.684. The fourth-order valence-electron chi connectivity index (χ4n) is 9.89. The fraction of sp³-hybridized carbons (Fsp3) is 0.0333. The van der Waals surface area contributed by atoms with E-state index < -0.39 is 0 Å². The number of hydrogen-bond acceptors (Lipinski definition) is 3. The molecule has 0 saturated heterocycles. The Morgan fingerprint density at radius 2 is 0.937 bits per heavy atom. The lowest BCUT2D eigenvalue weighted by Gasteiger charge is -2.29. The number of furan rings is 1. The van der Waals surface area contributed by atoms with Crippen molar-refractivity contribution in [2.24, 2.45) is 0 Å². The van der Waals surface area contributed by atoms with E-state index in [1.807, 2.05) is 30.3 Å². The molecule has 0 saturated carbocycles. The molecule has 9 aromatic carbocycles. The summed E-state index contributed by atoms with van der Waals surface area (Å²) < 4.78 is 6.41. The van der Waals surface area contributed by atoms with Gasteiger partial charge >= 0.3 is 0 Å². The van der Waals surface area contributed by atoms with Crippen LogP contribution in [-0.4, -0.2) is 9.97 Å². The van der Waals surface area contributed by atoms with Gasteiger partial charge in [-0.15, -0.1) is 0 Å². The topological polar surface area (TPSA) is 38.9 Å². The van der Waals surface area contributed by atoms with Crippen molar-refractivity contribution in [2.75, 3.05) is 0 Å². The number of benzene rings is 9. The van der Waals surface area contributed by atoms with Crippen LogP contribution in [0.1, 0.15) is 23.6 Å². The van der Waals surface area contributed by atoms with Crippen molar-refractivity contribution in [1.82, 2.24) is 9.97 Å². The van der Waals surface area contributed by atoms with Gasteiger partial charge in [-0.3, -0.25) is 0 Å². The van der Waals surface area contributed by atoms with Crippen LogP contribution in [0.4, 0.5) is 0 Å². The minimum Gasteiger partial charge on any atom is -0.455 e. The lowest BCUT2D eigenvalue weighted by molar-refractivity contribution is 0.670. The van der Waals surface area contributed by atoms with Crippen LogP contribution in [0.25, 0.3) is 100 Å². The van der Waals surface area contributed by atoms with Crippen LogP contribution < -0.4 is 0 Å². The molecule has 3 heteroatoms. The average molecular weight is 805 g/mol. The lowest BCUT2D eigenvalue weighted by Crippen LogP contribution is -2.22. The highest BCUT2D eigenvalue weighted by Gasteiger charge is 2.42. The zero-order chi connectivity index (χ0) is 41.9. The van der Waals surface area contributed by atoms with E-state index in [1.54, 1.807) is 0 Å². The molecule has 12 rings (SSSR count). The zero-order valence-corrected chi connectivity index (χ0v) is 34.7. The van der Waals surface area contributed by atoms with Crippen molar-refractivity contribution in [2.45, 2.75) is 12.3 Å². The summed E-state index contributed by atoms with van der Waals surface area (Å²) in [5.41, 5.74) is 19.5. The predicted octanol–water partition coefficient (Wildman–Crippen LogP) is 15.7. The maximum Gasteiger partial charge on any atom is 0.160 e. The Morgan fingerprint density at radius 3 is 1.73 bits per heavy atom. The summed E-state index contributed by atoms with van der Waals surface area (Å²) in [6.45, 7) is 2.39. The molecule has 0 radical (unpaired) electrons. The summed E-state index contributed by atoms with van der Waals surface area (Å²) in [6, 6.07) is 80.0. The van der Waals surface area contributed by atoms with Crippen LogP contribution in [0.2, 0.25) is 0 Å². The Hall–Kier alpha value is -8.14. The molecule has 3 nitrogen and oxygen atoms in total. The van der Waals surface area contributed by atoms with Crippen LogP contribution in [0.5, 0.6) is 0 Å². The molecular weight excluding hydrogens is 765 g/mol. The summed E-state index contributed by atoms with van der Waals surface area (Å²) in [7, 11) is 0. The molecule has 0 spiro atoms. The fourth-order valence-corrected chi connectivity index (χ4v) is 9.89. The second-order valence-electron chi connectivity index (χ2n) is 16.6. The van der Waals surface area contributed by atoms with Gasteiger partial charge in [0.15, 0.2) is 5.82 Å². The first-order valence-corrected chi connectivity index (χ1v) is 21.6. The Bertz CT molecular complexity index is 3500. The number of rotatable bonds is 7. The predicted molar refractivity (Wildman–Crippen MR) is 259 cm³/mol. The van der Waals surface area contributed by atoms with Crippen molar-refractivity contribution < 1.29 is 4.42 Å². The van der Waals surface area contributed by atoms with E-state index in [1.165, 1.54) is 38.9 Å². The summed E-state index contributed by atoms with van der Waals surface area (Å²) >= 11 is 0. The molecule has 63 heavy (non-hydrogen) atoms. The molecular formula is C60H40N2O. The molecule has 0 aliphatic heterocycles. The Morgan fingerprint density at radius 1 is 0.365 bits per heavy atom. The highest BCUT2D eigenvalue weighted by Crippen LogP contribution is 2.56. The molecule has 1 aliphatic carbocycles. The van der Waals surface area contributed by atoms with Gasteiger partial charge in [-0.1, -0.05) is 206 Å². The van der Waals surface area contributed by atoms with Crippen molar-refractivity contribution in [1.29, 1.82) is 0 Å². The van der Waals surface area contributed by atoms with E-state index in [9.17, 15) is 0 Å². The monoisotopic (exact) mass is 804 g/mol. The molecule has 296 valence electrons. The number of fused-ring (bicyclic) bond motifs is 6. The van der Waals surface area contributed by atoms with E-state index in [2.05, 4.69) is 201 Å². The number of aromatic nitrogens is 2. The molecule has 0 amide bonds. The van der Waals surface area contributed by atoms with Gasteiger partial charge in [0.2, 0.25) is 0 Å². The molecule has 2 aromatic heterocycles. The van der Waals surface area contributed by atoms with Crippen molar-refractivity contribution in [3.05, 3.63) is 241 Å². The maximum atomic E-state index is 6.41. The van der Waals surface area contributed by atoms with Crippen LogP contribution in [0, 0.1) is 0 Å². The van der Waals surface area contributed by atoms with Crippen LogP contribution >= 0.6 is 0 Å². The lowest BCUT2D eigenvalue weighted by atomic mass is 9.73. The highest BCUT2D eigenvalue weighted by atomic mass is 16.3. The summed E-state index contributed by atoms with van der Waals surface area (Å²) in [6.07, 6.45) is 0. The molecule has 1 atom stereocenters. The van der Waals surface area contributed by atoms with Crippen LogP contribution in [0.3, 0.4) is 0 Å². The van der Waals surface area contributed by atoms with Gasteiger partial charge in [-0.25, -0.2) is 9.97 Å². The van der Waals surface area contributed by atoms with Gasteiger partial charge in [0.05, 0.1) is 11.4 Å². The highest BCUT2D eigenvalue weighted by molar-refractivity contribution is 6.09. The Balaban J connectivity index is 0.993. The van der Waals surface area contributed by atoms with Gasteiger partial charge < -0.3 is 4.42 Å². The SMILES string of the molecule is CC1(c2ccccc2)c2cc(-c3ccccc3-c3cc(-c4ccc(-c5cccc6c5oc5ccccc56)cc4)nc(-c4ccccc4)n3)ccc2-c2c(-c3ccccc3)cccc21. The first kappa shape index (κ1) is 36.7. The van der Waals surface area contributed by atoms with Crippen molar-refractivity contribution in [3.8, 4) is 78.4 Å². The Labute approximate surface area is 366 Å². The molecule has 0 N–H and O–H groups in total. The third-order valence-electron chi connectivity index (χ3n) is 13.0. The molecule has 0 bridgehead atoms. The first-order chi connectivity index (χ1) is 31.1. The van der Waals surface area contributed by atoms with E-state index in [0.29, 0.717) is 5.82 Å². The minimum atomic E-state index is -0.369. The molecule has 0 fully saturated rings.